The quantitative estimate of drug-likeness (QED) is 0.795. The zero-order valence-corrected chi connectivity index (χ0v) is 11.1. The molecule has 0 fully saturated rings. The van der Waals surface area contributed by atoms with Crippen molar-refractivity contribution in [2.24, 2.45) is 0 Å². The lowest BCUT2D eigenvalue weighted by atomic mass is 9.92. The molecule has 0 saturated carbocycles. The second-order valence-corrected chi connectivity index (χ2v) is 4.40. The molecule has 0 aromatic heterocycles. The van der Waals surface area contributed by atoms with Gasteiger partial charge in [-0.1, -0.05) is 36.4 Å². The van der Waals surface area contributed by atoms with Gasteiger partial charge >= 0.3 is 12.0 Å². The Labute approximate surface area is 112 Å². The molecule has 102 valence electrons. The SMILES string of the molecule is C=CCN(C)C(=O)NC(C)(C(=O)O)c1ccccc1. The van der Waals surface area contributed by atoms with Crippen LogP contribution in [-0.2, 0) is 10.3 Å². The van der Waals surface area contributed by atoms with Crippen molar-refractivity contribution in [3.05, 3.63) is 48.6 Å². The molecule has 2 N–H and O–H groups in total. The van der Waals surface area contributed by atoms with Gasteiger partial charge in [0.05, 0.1) is 0 Å². The van der Waals surface area contributed by atoms with E-state index >= 15 is 0 Å². The number of urea groups is 1. The summed E-state index contributed by atoms with van der Waals surface area (Å²) in [5.74, 6) is -1.11. The van der Waals surface area contributed by atoms with Crippen molar-refractivity contribution in [1.29, 1.82) is 0 Å². The van der Waals surface area contributed by atoms with Crippen LogP contribution in [0.15, 0.2) is 43.0 Å². The second-order valence-electron chi connectivity index (χ2n) is 4.40. The highest BCUT2D eigenvalue weighted by Gasteiger charge is 2.37. The molecule has 5 nitrogen and oxygen atoms in total. The summed E-state index contributed by atoms with van der Waals surface area (Å²) in [5.41, 5.74) is -0.948. The standard InChI is InChI=1S/C14H18N2O3/c1-4-10-16(3)13(19)15-14(2,12(17)18)11-8-6-5-7-9-11/h4-9H,1,10H2,2-3H3,(H,15,19)(H,17,18). The van der Waals surface area contributed by atoms with Crippen LogP contribution in [0.25, 0.3) is 0 Å². The number of nitrogens with zero attached hydrogens (tertiary/aromatic N) is 1. The van der Waals surface area contributed by atoms with E-state index in [0.717, 1.165) is 0 Å². The van der Waals surface area contributed by atoms with Gasteiger partial charge in [-0.05, 0) is 12.5 Å². The van der Waals surface area contributed by atoms with E-state index in [-0.39, 0.29) is 0 Å². The van der Waals surface area contributed by atoms with Gasteiger partial charge in [-0.15, -0.1) is 6.58 Å². The van der Waals surface area contributed by atoms with Gasteiger partial charge in [-0.3, -0.25) is 0 Å². The first-order valence-electron chi connectivity index (χ1n) is 5.85. The highest BCUT2D eigenvalue weighted by molar-refractivity contribution is 5.87. The summed E-state index contributed by atoms with van der Waals surface area (Å²) in [4.78, 5) is 24.8. The molecule has 0 spiro atoms. The van der Waals surface area contributed by atoms with Gasteiger partial charge in [0.15, 0.2) is 5.54 Å². The number of likely N-dealkylation sites (N-methyl/N-ethyl adjacent to an activating group) is 1. The van der Waals surface area contributed by atoms with Crippen molar-refractivity contribution in [3.63, 3.8) is 0 Å². The number of hydrogen-bond donors (Lipinski definition) is 2. The van der Waals surface area contributed by atoms with Crippen LogP contribution in [0, 0.1) is 0 Å². The van der Waals surface area contributed by atoms with Gasteiger partial charge in [-0.2, -0.15) is 0 Å². The van der Waals surface area contributed by atoms with Crippen LogP contribution in [0.3, 0.4) is 0 Å². The molecule has 0 radical (unpaired) electrons. The lowest BCUT2D eigenvalue weighted by Crippen LogP contribution is -2.53. The maximum atomic E-state index is 11.9. The Balaban J connectivity index is 2.99. The molecule has 1 atom stereocenters. The molecule has 0 aliphatic carbocycles. The molecule has 0 aliphatic heterocycles. The monoisotopic (exact) mass is 262 g/mol. The molecule has 1 aromatic carbocycles. The maximum absolute atomic E-state index is 11.9. The molecule has 1 unspecified atom stereocenters. The van der Waals surface area contributed by atoms with Crippen LogP contribution in [0.1, 0.15) is 12.5 Å². The number of carbonyl (C=O) groups is 2. The van der Waals surface area contributed by atoms with Gasteiger partial charge in [-0.25, -0.2) is 9.59 Å². The van der Waals surface area contributed by atoms with E-state index in [4.69, 9.17) is 0 Å². The van der Waals surface area contributed by atoms with E-state index in [1.165, 1.54) is 11.8 Å². The van der Waals surface area contributed by atoms with Crippen LogP contribution < -0.4 is 5.32 Å². The van der Waals surface area contributed by atoms with Gasteiger partial charge < -0.3 is 15.3 Å². The Morgan fingerprint density at radius 3 is 2.47 bits per heavy atom. The smallest absolute Gasteiger partial charge is 0.333 e. The third-order valence-electron chi connectivity index (χ3n) is 2.89. The number of benzene rings is 1. The Kier molecular flexibility index (Phi) is 4.69. The van der Waals surface area contributed by atoms with Gasteiger partial charge in [0.2, 0.25) is 0 Å². The topological polar surface area (TPSA) is 69.6 Å². The number of hydrogen-bond acceptors (Lipinski definition) is 2. The van der Waals surface area contributed by atoms with Gasteiger partial charge in [0.1, 0.15) is 0 Å². The molecule has 0 heterocycles. The van der Waals surface area contributed by atoms with Gasteiger partial charge in [0, 0.05) is 13.6 Å². The average Bonchev–Trinajstić information content (AvgIpc) is 2.39. The molecule has 0 bridgehead atoms. The summed E-state index contributed by atoms with van der Waals surface area (Å²) in [6.07, 6.45) is 1.57. The largest absolute Gasteiger partial charge is 0.479 e. The number of aliphatic carboxylic acids is 1. The van der Waals surface area contributed by atoms with Crippen molar-refractivity contribution in [1.82, 2.24) is 10.2 Å². The molecule has 1 aromatic rings. The highest BCUT2D eigenvalue weighted by Crippen LogP contribution is 2.21. The van der Waals surface area contributed by atoms with E-state index in [0.29, 0.717) is 12.1 Å². The van der Waals surface area contributed by atoms with Crippen molar-refractivity contribution < 1.29 is 14.7 Å². The number of carboxylic acids is 1. The molecule has 0 saturated heterocycles. The predicted molar refractivity (Wildman–Crippen MR) is 72.8 cm³/mol. The summed E-state index contributed by atoms with van der Waals surface area (Å²) in [7, 11) is 1.57. The van der Waals surface area contributed by atoms with Crippen LogP contribution in [0.5, 0.6) is 0 Å². The first kappa shape index (κ1) is 14.8. The van der Waals surface area contributed by atoms with Crippen molar-refractivity contribution in [2.45, 2.75) is 12.5 Å². The lowest BCUT2D eigenvalue weighted by Gasteiger charge is -2.29. The van der Waals surface area contributed by atoms with Gasteiger partial charge in [0.25, 0.3) is 0 Å². The average molecular weight is 262 g/mol. The normalized spacial score (nSPS) is 13.2. The minimum Gasteiger partial charge on any atom is -0.479 e. The lowest BCUT2D eigenvalue weighted by molar-refractivity contribution is -0.144. The Morgan fingerprint density at radius 1 is 1.42 bits per heavy atom. The summed E-state index contributed by atoms with van der Waals surface area (Å²) in [6.45, 7) is 5.34. The van der Waals surface area contributed by atoms with Crippen LogP contribution in [0.4, 0.5) is 4.79 Å². The predicted octanol–water partition coefficient (Wildman–Crippen LogP) is 1.81. The molecule has 0 aliphatic rings. The van der Waals surface area contributed by atoms with Crippen LogP contribution >= 0.6 is 0 Å². The molecule has 19 heavy (non-hydrogen) atoms. The number of carbonyl (C=O) groups excluding carboxylic acids is 1. The van der Waals surface area contributed by atoms with Crippen molar-refractivity contribution >= 4 is 12.0 Å². The number of rotatable bonds is 5. The van der Waals surface area contributed by atoms with E-state index < -0.39 is 17.5 Å². The Bertz CT molecular complexity index is 473. The minimum absolute atomic E-state index is 0.344. The fourth-order valence-corrected chi connectivity index (χ4v) is 1.61. The molecular formula is C14H18N2O3. The van der Waals surface area contributed by atoms with E-state index in [1.807, 2.05) is 0 Å². The van der Waals surface area contributed by atoms with Crippen LogP contribution in [0.2, 0.25) is 0 Å². The number of amides is 2. The Hall–Kier alpha value is -2.30. The van der Waals surface area contributed by atoms with Crippen molar-refractivity contribution in [3.8, 4) is 0 Å². The minimum atomic E-state index is -1.46. The second kappa shape index (κ2) is 6.04. The van der Waals surface area contributed by atoms with Crippen LogP contribution in [-0.4, -0.2) is 35.6 Å². The van der Waals surface area contributed by atoms with E-state index in [2.05, 4.69) is 11.9 Å². The summed E-state index contributed by atoms with van der Waals surface area (Å²) in [5, 5.41) is 11.9. The molecule has 2 amide bonds. The first-order chi connectivity index (χ1) is 8.91. The zero-order valence-electron chi connectivity index (χ0n) is 11.1. The van der Waals surface area contributed by atoms with Crippen molar-refractivity contribution in [2.75, 3.05) is 13.6 Å². The summed E-state index contributed by atoms with van der Waals surface area (Å²) >= 11 is 0. The fraction of sp³-hybridized carbons (Fsp3) is 0.286. The zero-order chi connectivity index (χ0) is 14.5. The maximum Gasteiger partial charge on any atom is 0.333 e. The van der Waals surface area contributed by atoms with E-state index in [9.17, 15) is 14.7 Å². The number of carboxylic acid groups (broad SMARTS) is 1. The summed E-state index contributed by atoms with van der Waals surface area (Å²) < 4.78 is 0. The summed E-state index contributed by atoms with van der Waals surface area (Å²) in [6, 6.07) is 8.13. The third-order valence-corrected chi connectivity index (χ3v) is 2.89. The molecule has 1 rings (SSSR count). The Morgan fingerprint density at radius 2 is 2.00 bits per heavy atom. The molecular weight excluding hydrogens is 244 g/mol. The highest BCUT2D eigenvalue weighted by atomic mass is 16.4. The first-order valence-corrected chi connectivity index (χ1v) is 5.85. The molecule has 5 heteroatoms. The third kappa shape index (κ3) is 3.34. The van der Waals surface area contributed by atoms with E-state index in [1.54, 1.807) is 43.5 Å². The fourth-order valence-electron chi connectivity index (χ4n) is 1.61. The number of nitrogens with one attached hydrogen (secondary N) is 1.